The lowest BCUT2D eigenvalue weighted by molar-refractivity contribution is 0.409. The van der Waals surface area contributed by atoms with Gasteiger partial charge in [-0.2, -0.15) is 0 Å². The first-order chi connectivity index (χ1) is 9.61. The third kappa shape index (κ3) is 5.55. The third-order valence-electron chi connectivity index (χ3n) is 3.17. The summed E-state index contributed by atoms with van der Waals surface area (Å²) in [6.45, 7) is 6.97. The summed E-state index contributed by atoms with van der Waals surface area (Å²) in [7, 11) is 0.840. The number of anilines is 2. The van der Waals surface area contributed by atoms with E-state index in [0.29, 0.717) is 11.6 Å². The van der Waals surface area contributed by atoms with E-state index in [4.69, 9.17) is 5.73 Å². The molecule has 0 radical (unpaired) electrons. The van der Waals surface area contributed by atoms with E-state index in [1.54, 1.807) is 12.1 Å². The van der Waals surface area contributed by atoms with Gasteiger partial charge in [-0.1, -0.05) is 13.8 Å². The summed E-state index contributed by atoms with van der Waals surface area (Å²) in [5, 5.41) is 0. The number of hydrogen-bond acceptors (Lipinski definition) is 5. The molecule has 21 heavy (non-hydrogen) atoms. The summed E-state index contributed by atoms with van der Waals surface area (Å²) < 4.78 is 23.2. The number of nitrogens with two attached hydrogens (primary N) is 1. The highest BCUT2D eigenvalue weighted by Gasteiger charge is 2.15. The second-order valence-electron chi connectivity index (χ2n) is 6.14. The van der Waals surface area contributed by atoms with E-state index in [2.05, 4.69) is 23.6 Å². The normalized spacial score (nSPS) is 12.1. The number of sulfone groups is 1. The average Bonchev–Trinajstić information content (AvgIpc) is 2.32. The van der Waals surface area contributed by atoms with E-state index in [0.717, 1.165) is 25.3 Å². The van der Waals surface area contributed by atoms with Crippen LogP contribution in [0.2, 0.25) is 0 Å². The first kappa shape index (κ1) is 17.8. The highest BCUT2D eigenvalue weighted by Crippen LogP contribution is 2.27. The van der Waals surface area contributed by atoms with E-state index >= 15 is 0 Å². The zero-order valence-electron chi connectivity index (χ0n) is 13.6. The van der Waals surface area contributed by atoms with Crippen molar-refractivity contribution in [2.24, 2.45) is 5.92 Å². The minimum Gasteiger partial charge on any atom is -0.397 e. The molecule has 0 saturated heterocycles. The van der Waals surface area contributed by atoms with Gasteiger partial charge in [0.2, 0.25) is 0 Å². The maximum absolute atomic E-state index is 11.6. The van der Waals surface area contributed by atoms with Crippen LogP contribution in [0.15, 0.2) is 23.1 Å². The number of nitrogens with zero attached hydrogens (tertiary/aromatic N) is 2. The fourth-order valence-electron chi connectivity index (χ4n) is 2.12. The smallest absolute Gasteiger partial charge is 0.175 e. The van der Waals surface area contributed by atoms with E-state index in [1.165, 1.54) is 6.26 Å². The van der Waals surface area contributed by atoms with Gasteiger partial charge in [-0.3, -0.25) is 0 Å². The second kappa shape index (κ2) is 7.13. The van der Waals surface area contributed by atoms with Gasteiger partial charge >= 0.3 is 0 Å². The van der Waals surface area contributed by atoms with Crippen molar-refractivity contribution < 1.29 is 8.42 Å². The molecule has 0 spiro atoms. The molecule has 0 aliphatic heterocycles. The van der Waals surface area contributed by atoms with Gasteiger partial charge in [0, 0.05) is 25.9 Å². The average molecular weight is 313 g/mol. The topological polar surface area (TPSA) is 66.6 Å². The van der Waals surface area contributed by atoms with Crippen molar-refractivity contribution in [2.75, 3.05) is 50.6 Å². The van der Waals surface area contributed by atoms with Gasteiger partial charge in [0.05, 0.1) is 16.3 Å². The predicted molar refractivity (Wildman–Crippen MR) is 89.6 cm³/mol. The van der Waals surface area contributed by atoms with Crippen LogP contribution in [0.1, 0.15) is 13.8 Å². The van der Waals surface area contributed by atoms with E-state index in [1.807, 2.05) is 20.2 Å². The van der Waals surface area contributed by atoms with Crippen LogP contribution in [0.4, 0.5) is 11.4 Å². The summed E-state index contributed by atoms with van der Waals surface area (Å²) >= 11 is 0. The molecule has 1 aromatic carbocycles. The predicted octanol–water partition coefficient (Wildman–Crippen LogP) is 1.70. The van der Waals surface area contributed by atoms with Crippen molar-refractivity contribution in [1.29, 1.82) is 0 Å². The molecule has 120 valence electrons. The Hall–Kier alpha value is -1.27. The number of nitrogen functional groups attached to an aromatic ring is 1. The molecule has 1 rings (SSSR count). The highest BCUT2D eigenvalue weighted by molar-refractivity contribution is 7.90. The minimum atomic E-state index is -3.22. The molecular weight excluding hydrogens is 286 g/mol. The Morgan fingerprint density at radius 2 is 1.81 bits per heavy atom. The van der Waals surface area contributed by atoms with Gasteiger partial charge in [0.25, 0.3) is 0 Å². The van der Waals surface area contributed by atoms with Gasteiger partial charge in [-0.15, -0.1) is 0 Å². The summed E-state index contributed by atoms with van der Waals surface area (Å²) in [5.41, 5.74) is 7.49. The van der Waals surface area contributed by atoms with Gasteiger partial charge in [0.15, 0.2) is 9.84 Å². The van der Waals surface area contributed by atoms with Gasteiger partial charge in [-0.25, -0.2) is 8.42 Å². The van der Waals surface area contributed by atoms with E-state index in [-0.39, 0.29) is 4.90 Å². The molecule has 5 nitrogen and oxygen atoms in total. The lowest BCUT2D eigenvalue weighted by atomic mass is 10.1. The second-order valence-corrected chi connectivity index (χ2v) is 8.15. The molecule has 0 unspecified atom stereocenters. The van der Waals surface area contributed by atoms with Gasteiger partial charge in [0.1, 0.15) is 0 Å². The van der Waals surface area contributed by atoms with Crippen molar-refractivity contribution in [2.45, 2.75) is 18.7 Å². The Kier molecular flexibility index (Phi) is 6.04. The Labute approximate surface area is 128 Å². The molecule has 0 bridgehead atoms. The van der Waals surface area contributed by atoms with Crippen LogP contribution in [0.5, 0.6) is 0 Å². The van der Waals surface area contributed by atoms with E-state index in [9.17, 15) is 8.42 Å². The van der Waals surface area contributed by atoms with Crippen molar-refractivity contribution in [1.82, 2.24) is 4.90 Å². The van der Waals surface area contributed by atoms with Crippen LogP contribution in [0.25, 0.3) is 0 Å². The Balaban J connectivity index is 3.07. The molecule has 0 amide bonds. The lowest BCUT2D eigenvalue weighted by Gasteiger charge is -2.29. The lowest BCUT2D eigenvalue weighted by Crippen LogP contribution is -2.34. The summed E-state index contributed by atoms with van der Waals surface area (Å²) in [6, 6.07) is 4.99. The third-order valence-corrected chi connectivity index (χ3v) is 4.28. The molecular formula is C15H27N3O2S. The fraction of sp³-hybridized carbons (Fsp3) is 0.600. The number of benzene rings is 1. The molecule has 0 heterocycles. The molecule has 2 N–H and O–H groups in total. The maximum atomic E-state index is 11.6. The van der Waals surface area contributed by atoms with Crippen molar-refractivity contribution in [3.8, 4) is 0 Å². The maximum Gasteiger partial charge on any atom is 0.175 e. The standard InChI is InChI=1S/C15H27N3O2S/c1-12(2)11-18(9-8-17(3)4)15-7-6-13(10-14(15)16)21(5,19)20/h6-7,10,12H,8-9,11,16H2,1-5H3. The van der Waals surface area contributed by atoms with Crippen LogP contribution in [-0.4, -0.2) is 53.3 Å². The van der Waals surface area contributed by atoms with Crippen LogP contribution in [0, 0.1) is 5.92 Å². The molecule has 0 aliphatic rings. The molecule has 0 aliphatic carbocycles. The van der Waals surface area contributed by atoms with Crippen LogP contribution >= 0.6 is 0 Å². The molecule has 0 atom stereocenters. The first-order valence-electron chi connectivity index (χ1n) is 7.10. The van der Waals surface area contributed by atoms with Crippen LogP contribution in [-0.2, 0) is 9.84 Å². The van der Waals surface area contributed by atoms with Gasteiger partial charge < -0.3 is 15.5 Å². The SMILES string of the molecule is CC(C)CN(CCN(C)C)c1ccc(S(C)(=O)=O)cc1N. The van der Waals surface area contributed by atoms with Crippen LogP contribution < -0.4 is 10.6 Å². The quantitative estimate of drug-likeness (QED) is 0.776. The highest BCUT2D eigenvalue weighted by atomic mass is 32.2. The molecule has 0 saturated carbocycles. The van der Waals surface area contributed by atoms with Gasteiger partial charge in [-0.05, 0) is 38.2 Å². The molecule has 0 fully saturated rings. The number of likely N-dealkylation sites (N-methyl/N-ethyl adjacent to an activating group) is 1. The van der Waals surface area contributed by atoms with Crippen LogP contribution in [0.3, 0.4) is 0 Å². The Morgan fingerprint density at radius 3 is 2.24 bits per heavy atom. The monoisotopic (exact) mass is 313 g/mol. The number of rotatable bonds is 7. The molecule has 1 aromatic rings. The summed E-state index contributed by atoms with van der Waals surface area (Å²) in [5.74, 6) is 0.501. The van der Waals surface area contributed by atoms with Crippen molar-refractivity contribution in [3.05, 3.63) is 18.2 Å². The largest absolute Gasteiger partial charge is 0.397 e. The Bertz CT molecular complexity index is 568. The number of hydrogen-bond donors (Lipinski definition) is 1. The molecule has 0 aromatic heterocycles. The zero-order valence-corrected chi connectivity index (χ0v) is 14.4. The fourth-order valence-corrected chi connectivity index (χ4v) is 2.78. The molecule has 6 heteroatoms. The Morgan fingerprint density at radius 1 is 1.19 bits per heavy atom. The van der Waals surface area contributed by atoms with E-state index < -0.39 is 9.84 Å². The first-order valence-corrected chi connectivity index (χ1v) is 8.99. The summed E-state index contributed by atoms with van der Waals surface area (Å²) in [6.07, 6.45) is 1.19. The van der Waals surface area contributed by atoms with Crippen molar-refractivity contribution >= 4 is 21.2 Å². The summed E-state index contributed by atoms with van der Waals surface area (Å²) in [4.78, 5) is 4.60. The van der Waals surface area contributed by atoms with Crippen molar-refractivity contribution in [3.63, 3.8) is 0 Å². The zero-order chi connectivity index (χ0) is 16.2. The minimum absolute atomic E-state index is 0.265.